The summed E-state index contributed by atoms with van der Waals surface area (Å²) in [6, 6.07) is 1.89. The minimum Gasteiger partial charge on any atom is -0.493 e. The summed E-state index contributed by atoms with van der Waals surface area (Å²) in [6.45, 7) is 9.42. The van der Waals surface area contributed by atoms with Crippen LogP contribution in [0.15, 0.2) is 6.07 Å². The van der Waals surface area contributed by atoms with Gasteiger partial charge in [-0.2, -0.15) is 0 Å². The summed E-state index contributed by atoms with van der Waals surface area (Å²) in [5.74, 6) is 0.892. The second-order valence-corrected chi connectivity index (χ2v) is 10.1. The molecule has 2 fully saturated rings. The normalized spacial score (nSPS) is 28.3. The lowest BCUT2D eigenvalue weighted by Gasteiger charge is -2.47. The van der Waals surface area contributed by atoms with Crippen molar-refractivity contribution in [2.75, 3.05) is 20.2 Å². The summed E-state index contributed by atoms with van der Waals surface area (Å²) < 4.78 is 33.3. The summed E-state index contributed by atoms with van der Waals surface area (Å²) in [5.41, 5.74) is 1.30. The number of halogens is 1. The highest BCUT2D eigenvalue weighted by molar-refractivity contribution is 5.51. The van der Waals surface area contributed by atoms with E-state index in [2.05, 4.69) is 4.90 Å². The Kier molecular flexibility index (Phi) is 6.03. The minimum atomic E-state index is -0.583. The van der Waals surface area contributed by atoms with Crippen molar-refractivity contribution in [2.24, 2.45) is 5.92 Å². The first-order valence-electron chi connectivity index (χ1n) is 11.3. The van der Waals surface area contributed by atoms with Gasteiger partial charge in [0, 0.05) is 19.1 Å². The van der Waals surface area contributed by atoms with E-state index in [0.717, 1.165) is 24.9 Å². The third kappa shape index (κ3) is 4.19. The quantitative estimate of drug-likeness (QED) is 0.770. The van der Waals surface area contributed by atoms with E-state index in [9.17, 15) is 5.11 Å². The molecule has 1 aliphatic carbocycles. The number of fused-ring (bicyclic) bond motifs is 3. The molecule has 4 atom stereocenters. The standard InChI is InChI=1S/C24H36FNO4/c1-14(15-7-6-8-15)29-23-20(28-5)11-17-16(22(23)25)9-10-26-13-21(30-24(2,3)4)19(27)12-18(17)26/h11,14-15,18-19,21,27H,6-10,12-13H2,1-5H3/t14-,18+,19+,21+/m0/s1. The fourth-order valence-electron chi connectivity index (χ4n) is 5.08. The first kappa shape index (κ1) is 21.8. The second-order valence-electron chi connectivity index (χ2n) is 10.1. The molecule has 5 nitrogen and oxygen atoms in total. The van der Waals surface area contributed by atoms with E-state index in [1.165, 1.54) is 6.42 Å². The third-order valence-electron chi connectivity index (χ3n) is 6.92. The smallest absolute Gasteiger partial charge is 0.197 e. The Bertz CT molecular complexity index is 773. The fraction of sp³-hybridized carbons (Fsp3) is 0.750. The van der Waals surface area contributed by atoms with Gasteiger partial charge in [-0.3, -0.25) is 4.90 Å². The monoisotopic (exact) mass is 421 g/mol. The topological polar surface area (TPSA) is 51.2 Å². The number of aliphatic hydroxyl groups is 1. The molecule has 30 heavy (non-hydrogen) atoms. The zero-order chi connectivity index (χ0) is 21.6. The van der Waals surface area contributed by atoms with Crippen LogP contribution in [0.3, 0.4) is 0 Å². The summed E-state index contributed by atoms with van der Waals surface area (Å²) >= 11 is 0. The van der Waals surface area contributed by atoms with Crippen LogP contribution in [-0.4, -0.2) is 54.1 Å². The highest BCUT2D eigenvalue weighted by Crippen LogP contribution is 2.45. The SMILES string of the molecule is COc1cc2c(c(F)c1O[C@@H](C)C1CCC1)CCN1C[C@@H](OC(C)(C)C)[C@H](O)C[C@H]21. The van der Waals surface area contributed by atoms with E-state index in [1.54, 1.807) is 7.11 Å². The van der Waals surface area contributed by atoms with Crippen molar-refractivity contribution in [1.82, 2.24) is 4.90 Å². The van der Waals surface area contributed by atoms with Gasteiger partial charge in [0.25, 0.3) is 0 Å². The van der Waals surface area contributed by atoms with Crippen molar-refractivity contribution in [3.63, 3.8) is 0 Å². The van der Waals surface area contributed by atoms with Gasteiger partial charge in [0.05, 0.1) is 31.0 Å². The largest absolute Gasteiger partial charge is 0.493 e. The molecule has 0 amide bonds. The van der Waals surface area contributed by atoms with Gasteiger partial charge in [0.15, 0.2) is 17.3 Å². The Morgan fingerprint density at radius 2 is 2.00 bits per heavy atom. The lowest BCUT2D eigenvalue weighted by molar-refractivity contribution is -0.149. The van der Waals surface area contributed by atoms with Crippen LogP contribution in [0.25, 0.3) is 0 Å². The van der Waals surface area contributed by atoms with Gasteiger partial charge >= 0.3 is 0 Å². The Balaban J connectivity index is 1.59. The predicted molar refractivity (Wildman–Crippen MR) is 114 cm³/mol. The molecule has 4 rings (SSSR count). The molecular weight excluding hydrogens is 385 g/mol. The molecule has 2 heterocycles. The molecule has 0 spiro atoms. The molecule has 0 radical (unpaired) electrons. The summed E-state index contributed by atoms with van der Waals surface area (Å²) in [5, 5.41) is 10.8. The zero-order valence-corrected chi connectivity index (χ0v) is 18.9. The van der Waals surface area contributed by atoms with E-state index < -0.39 is 6.10 Å². The molecule has 1 aromatic rings. The van der Waals surface area contributed by atoms with E-state index in [0.29, 0.717) is 36.6 Å². The number of aliphatic hydroxyl groups excluding tert-OH is 1. The Morgan fingerprint density at radius 3 is 2.60 bits per heavy atom. The summed E-state index contributed by atoms with van der Waals surface area (Å²) in [6.07, 6.45) is 3.81. The number of rotatable bonds is 5. The molecule has 0 bridgehead atoms. The molecule has 1 aromatic carbocycles. The van der Waals surface area contributed by atoms with Gasteiger partial charge in [0.1, 0.15) is 0 Å². The van der Waals surface area contributed by atoms with Gasteiger partial charge in [-0.25, -0.2) is 4.39 Å². The Labute approximate surface area is 179 Å². The van der Waals surface area contributed by atoms with Crippen LogP contribution in [0.5, 0.6) is 11.5 Å². The molecule has 0 aromatic heterocycles. The van der Waals surface area contributed by atoms with Gasteiger partial charge in [-0.15, -0.1) is 0 Å². The number of hydrogen-bond acceptors (Lipinski definition) is 5. The van der Waals surface area contributed by atoms with Crippen molar-refractivity contribution in [3.8, 4) is 11.5 Å². The molecule has 1 saturated carbocycles. The summed E-state index contributed by atoms with van der Waals surface area (Å²) in [4.78, 5) is 2.31. The molecule has 1 N–H and O–H groups in total. The van der Waals surface area contributed by atoms with Crippen molar-refractivity contribution in [2.45, 2.75) is 89.8 Å². The molecule has 2 aliphatic heterocycles. The van der Waals surface area contributed by atoms with Crippen LogP contribution in [-0.2, 0) is 11.2 Å². The Morgan fingerprint density at radius 1 is 1.27 bits per heavy atom. The Hall–Kier alpha value is -1.37. The molecule has 1 saturated heterocycles. The van der Waals surface area contributed by atoms with E-state index in [-0.39, 0.29) is 35.4 Å². The van der Waals surface area contributed by atoms with Crippen molar-refractivity contribution >= 4 is 0 Å². The van der Waals surface area contributed by atoms with Crippen molar-refractivity contribution in [1.29, 1.82) is 0 Å². The maximum Gasteiger partial charge on any atom is 0.197 e. The van der Waals surface area contributed by atoms with Crippen LogP contribution >= 0.6 is 0 Å². The van der Waals surface area contributed by atoms with Crippen molar-refractivity contribution < 1.29 is 23.7 Å². The third-order valence-corrected chi connectivity index (χ3v) is 6.92. The molecular formula is C24H36FNO4. The number of nitrogens with zero attached hydrogens (tertiary/aromatic N) is 1. The molecule has 6 heteroatoms. The number of piperidine rings is 1. The maximum atomic E-state index is 15.6. The second kappa shape index (κ2) is 8.29. The van der Waals surface area contributed by atoms with Crippen LogP contribution in [0.1, 0.15) is 70.5 Å². The summed E-state index contributed by atoms with van der Waals surface area (Å²) in [7, 11) is 1.56. The zero-order valence-electron chi connectivity index (χ0n) is 18.9. The van der Waals surface area contributed by atoms with Gasteiger partial charge in [-0.05, 0) is 76.5 Å². The minimum absolute atomic E-state index is 0.0212. The fourth-order valence-corrected chi connectivity index (χ4v) is 5.08. The van der Waals surface area contributed by atoms with Crippen LogP contribution in [0, 0.1) is 11.7 Å². The van der Waals surface area contributed by atoms with E-state index >= 15 is 4.39 Å². The van der Waals surface area contributed by atoms with Crippen molar-refractivity contribution in [3.05, 3.63) is 23.0 Å². The number of methoxy groups -OCH3 is 1. The van der Waals surface area contributed by atoms with Crippen LogP contribution < -0.4 is 9.47 Å². The first-order valence-corrected chi connectivity index (χ1v) is 11.3. The molecule has 3 aliphatic rings. The first-order chi connectivity index (χ1) is 14.2. The van der Waals surface area contributed by atoms with E-state index in [4.69, 9.17) is 14.2 Å². The average Bonchev–Trinajstić information content (AvgIpc) is 2.61. The highest BCUT2D eigenvalue weighted by Gasteiger charge is 2.42. The van der Waals surface area contributed by atoms with Gasteiger partial charge in [0.2, 0.25) is 0 Å². The maximum absolute atomic E-state index is 15.6. The number of ether oxygens (including phenoxy) is 3. The van der Waals surface area contributed by atoms with E-state index in [1.807, 2.05) is 33.8 Å². The molecule has 0 unspecified atom stereocenters. The highest BCUT2D eigenvalue weighted by atomic mass is 19.1. The lowest BCUT2D eigenvalue weighted by Crippen LogP contribution is -2.53. The number of hydrogen-bond donors (Lipinski definition) is 1. The average molecular weight is 422 g/mol. The lowest BCUT2D eigenvalue weighted by atomic mass is 9.81. The van der Waals surface area contributed by atoms with Crippen LogP contribution in [0.2, 0.25) is 0 Å². The predicted octanol–water partition coefficient (Wildman–Crippen LogP) is 4.25. The van der Waals surface area contributed by atoms with Gasteiger partial charge in [-0.1, -0.05) is 6.42 Å². The number of benzene rings is 1. The molecule has 168 valence electrons. The van der Waals surface area contributed by atoms with Gasteiger partial charge < -0.3 is 19.3 Å². The van der Waals surface area contributed by atoms with Crippen LogP contribution in [0.4, 0.5) is 4.39 Å².